The molecule has 0 aromatic carbocycles. The summed E-state index contributed by atoms with van der Waals surface area (Å²) in [6.45, 7) is 16.2. The summed E-state index contributed by atoms with van der Waals surface area (Å²) in [6.07, 6.45) is 3.17. The summed E-state index contributed by atoms with van der Waals surface area (Å²) in [5.74, 6) is 0. The van der Waals surface area contributed by atoms with Gasteiger partial charge in [-0.3, -0.25) is 0 Å². The summed E-state index contributed by atoms with van der Waals surface area (Å²) in [6, 6.07) is 0. The summed E-state index contributed by atoms with van der Waals surface area (Å²) in [5.41, 5.74) is -1.35. The first-order valence-corrected chi connectivity index (χ1v) is 10.9. The molecule has 0 saturated carbocycles. The van der Waals surface area contributed by atoms with Gasteiger partial charge in [-0.2, -0.15) is 0 Å². The summed E-state index contributed by atoms with van der Waals surface area (Å²) < 4.78 is 0. The molecule has 2 heterocycles. The van der Waals surface area contributed by atoms with Crippen LogP contribution < -0.4 is 0 Å². The van der Waals surface area contributed by atoms with Crippen molar-refractivity contribution in [1.82, 2.24) is 9.97 Å². The van der Waals surface area contributed by atoms with Crippen molar-refractivity contribution in [3.63, 3.8) is 0 Å². The van der Waals surface area contributed by atoms with Crippen LogP contribution in [0.4, 0.5) is 0 Å². The van der Waals surface area contributed by atoms with E-state index in [-0.39, 0.29) is 10.8 Å². The van der Waals surface area contributed by atoms with Gasteiger partial charge in [-0.05, 0) is 51.4 Å². The minimum absolute atomic E-state index is 0.00422. The molecule has 0 aliphatic heterocycles. The maximum atomic E-state index is 10.1. The van der Waals surface area contributed by atoms with Crippen molar-refractivity contribution in [2.75, 3.05) is 0 Å². The molecule has 0 radical (unpaired) electrons. The van der Waals surface area contributed by atoms with Gasteiger partial charge in [0, 0.05) is 12.8 Å². The fraction of sp³-hybridized carbons (Fsp3) is 0.800. The van der Waals surface area contributed by atoms with E-state index in [9.17, 15) is 10.2 Å². The average Bonchev–Trinajstić information content (AvgIpc) is 2.76. The Morgan fingerprint density at radius 2 is 0.962 bits per heavy atom. The molecule has 2 rings (SSSR count). The monoisotopic (exact) mass is 398 g/mol. The topological polar surface area (TPSA) is 66.2 Å². The summed E-state index contributed by atoms with van der Waals surface area (Å²) in [4.78, 5) is 11.6. The minimum Gasteiger partial charge on any atom is -0.390 e. The number of hydrogen-bond acceptors (Lipinski definition) is 6. The lowest BCUT2D eigenvalue weighted by Crippen LogP contribution is -2.29. The fourth-order valence-electron chi connectivity index (χ4n) is 4.16. The molecule has 0 saturated heterocycles. The highest BCUT2D eigenvalue weighted by Gasteiger charge is 2.30. The third-order valence-corrected chi connectivity index (χ3v) is 6.17. The van der Waals surface area contributed by atoms with Crippen molar-refractivity contribution in [1.29, 1.82) is 0 Å². The second-order valence-electron chi connectivity index (χ2n) is 10.5. The van der Waals surface area contributed by atoms with Crippen LogP contribution in [0.2, 0.25) is 0 Å². The second-order valence-corrected chi connectivity index (χ2v) is 12.6. The van der Waals surface area contributed by atoms with Crippen LogP contribution in [0.5, 0.6) is 0 Å². The standard InChI is InChI=1S/C20H34N2O2S2/c1-17(2,11-19(5,6)23)9-13-21-15-16(25-13)22-14(26-15)10-18(3,4)12-20(7,8)24/h23-24H,9-12H2,1-8H3. The Morgan fingerprint density at radius 1 is 0.654 bits per heavy atom. The van der Waals surface area contributed by atoms with Gasteiger partial charge in [-0.15, -0.1) is 0 Å². The van der Waals surface area contributed by atoms with Gasteiger partial charge in [-0.25, -0.2) is 9.97 Å². The van der Waals surface area contributed by atoms with Crippen LogP contribution in [-0.2, 0) is 12.8 Å². The number of thiazole rings is 2. The Hall–Kier alpha value is -0.560. The zero-order chi connectivity index (χ0) is 20.0. The molecule has 2 aromatic heterocycles. The second kappa shape index (κ2) is 7.12. The minimum atomic E-state index is -0.671. The number of rotatable bonds is 8. The molecule has 0 fully saturated rings. The van der Waals surface area contributed by atoms with Crippen LogP contribution in [0, 0.1) is 10.8 Å². The molecule has 0 aliphatic carbocycles. The molecule has 0 unspecified atom stereocenters. The molecular weight excluding hydrogens is 364 g/mol. The molecule has 0 aliphatic rings. The first kappa shape index (κ1) is 21.7. The van der Waals surface area contributed by atoms with Gasteiger partial charge >= 0.3 is 0 Å². The number of hydrogen-bond donors (Lipinski definition) is 2. The van der Waals surface area contributed by atoms with E-state index in [1.807, 2.05) is 27.7 Å². The number of aliphatic hydroxyl groups is 2. The predicted molar refractivity (Wildman–Crippen MR) is 112 cm³/mol. The summed E-state index contributed by atoms with van der Waals surface area (Å²) in [5, 5.41) is 22.4. The average molecular weight is 399 g/mol. The van der Waals surface area contributed by atoms with E-state index < -0.39 is 11.2 Å². The van der Waals surface area contributed by atoms with Crippen LogP contribution in [0.15, 0.2) is 0 Å². The van der Waals surface area contributed by atoms with E-state index in [1.165, 1.54) is 0 Å². The highest BCUT2D eigenvalue weighted by atomic mass is 32.1. The smallest absolute Gasteiger partial charge is 0.155 e. The van der Waals surface area contributed by atoms with Crippen molar-refractivity contribution in [3.8, 4) is 0 Å². The molecule has 26 heavy (non-hydrogen) atoms. The normalized spacial score (nSPS) is 14.4. The molecule has 4 nitrogen and oxygen atoms in total. The van der Waals surface area contributed by atoms with Crippen molar-refractivity contribution < 1.29 is 10.2 Å². The van der Waals surface area contributed by atoms with E-state index in [4.69, 9.17) is 9.97 Å². The largest absolute Gasteiger partial charge is 0.390 e. The Labute approximate surface area is 165 Å². The molecule has 148 valence electrons. The Bertz CT molecular complexity index is 655. The van der Waals surface area contributed by atoms with Crippen molar-refractivity contribution in [2.45, 2.75) is 92.3 Å². The third-order valence-electron chi connectivity index (χ3n) is 4.15. The third kappa shape index (κ3) is 6.87. The van der Waals surface area contributed by atoms with Crippen molar-refractivity contribution in [3.05, 3.63) is 10.0 Å². The van der Waals surface area contributed by atoms with Gasteiger partial charge < -0.3 is 10.2 Å². The molecule has 0 amide bonds. The van der Waals surface area contributed by atoms with Crippen LogP contribution in [0.1, 0.15) is 78.2 Å². The summed E-state index contributed by atoms with van der Waals surface area (Å²) in [7, 11) is 0. The Morgan fingerprint density at radius 3 is 1.23 bits per heavy atom. The van der Waals surface area contributed by atoms with Gasteiger partial charge in [0.15, 0.2) is 9.66 Å². The van der Waals surface area contributed by atoms with Gasteiger partial charge in [0.2, 0.25) is 0 Å². The van der Waals surface area contributed by atoms with Crippen LogP contribution >= 0.6 is 22.7 Å². The van der Waals surface area contributed by atoms with Gasteiger partial charge in [-0.1, -0.05) is 50.4 Å². The molecule has 2 N–H and O–H groups in total. The van der Waals surface area contributed by atoms with E-state index >= 15 is 0 Å². The summed E-state index contributed by atoms with van der Waals surface area (Å²) >= 11 is 3.33. The van der Waals surface area contributed by atoms with E-state index in [0.29, 0.717) is 0 Å². The zero-order valence-electron chi connectivity index (χ0n) is 17.4. The molecule has 2 aromatic rings. The van der Waals surface area contributed by atoms with E-state index in [1.54, 1.807) is 22.7 Å². The molecule has 6 heteroatoms. The lowest BCUT2D eigenvalue weighted by atomic mass is 9.79. The molecule has 0 atom stereocenters. The molecule has 0 spiro atoms. The predicted octanol–water partition coefficient (Wildman–Crippen LogP) is 5.21. The first-order chi connectivity index (χ1) is 11.5. The first-order valence-electron chi connectivity index (χ1n) is 9.24. The van der Waals surface area contributed by atoms with Crippen molar-refractivity contribution >= 4 is 32.3 Å². The number of aromatic nitrogens is 2. The number of fused-ring (bicyclic) bond motifs is 1. The molecule has 0 bridgehead atoms. The maximum absolute atomic E-state index is 10.1. The lowest BCUT2D eigenvalue weighted by molar-refractivity contribution is 0.0312. The van der Waals surface area contributed by atoms with Crippen LogP contribution in [-0.4, -0.2) is 31.4 Å². The highest BCUT2D eigenvalue weighted by molar-refractivity contribution is 7.26. The lowest BCUT2D eigenvalue weighted by Gasteiger charge is -2.30. The Kier molecular flexibility index (Phi) is 5.95. The van der Waals surface area contributed by atoms with Crippen molar-refractivity contribution in [2.24, 2.45) is 10.8 Å². The fourth-order valence-corrected chi connectivity index (χ4v) is 6.75. The highest BCUT2D eigenvalue weighted by Crippen LogP contribution is 2.37. The molecular formula is C20H34N2O2S2. The van der Waals surface area contributed by atoms with Crippen LogP contribution in [0.3, 0.4) is 0 Å². The SMILES string of the molecule is CC(C)(O)CC(C)(C)Cc1nc2sc(CC(C)(C)CC(C)(C)O)nc2s1. The zero-order valence-corrected chi connectivity index (χ0v) is 19.1. The quantitative estimate of drug-likeness (QED) is 0.640. The van der Waals surface area contributed by atoms with Crippen LogP contribution in [0.25, 0.3) is 9.66 Å². The number of nitrogens with zero attached hydrogens (tertiary/aromatic N) is 2. The Balaban J connectivity index is 2.10. The van der Waals surface area contributed by atoms with Gasteiger partial charge in [0.25, 0.3) is 0 Å². The van der Waals surface area contributed by atoms with E-state index in [2.05, 4.69) is 27.7 Å². The maximum Gasteiger partial charge on any atom is 0.155 e. The van der Waals surface area contributed by atoms with E-state index in [0.717, 1.165) is 45.4 Å². The van der Waals surface area contributed by atoms with Gasteiger partial charge in [0.05, 0.1) is 21.2 Å². The van der Waals surface area contributed by atoms with Gasteiger partial charge in [0.1, 0.15) is 0 Å².